The molecule has 0 spiro atoms. The number of nitrogens with zero attached hydrogens (tertiary/aromatic N) is 1. The van der Waals surface area contributed by atoms with Crippen LogP contribution in [0.25, 0.3) is 0 Å². The maximum atomic E-state index is 12.6. The van der Waals surface area contributed by atoms with Crippen LogP contribution in [0, 0.1) is 0 Å². The van der Waals surface area contributed by atoms with Crippen molar-refractivity contribution in [1.29, 1.82) is 0 Å². The standard InChI is InChI=1S/C9H8F6N2O2/c1-18-7-5(2-16)17-3-4(8(10,11)12)6(7)19-9(13,14)15/h3H,2,16H2,1H3. The molecule has 19 heavy (non-hydrogen) atoms. The fraction of sp³-hybridized carbons (Fsp3) is 0.444. The van der Waals surface area contributed by atoms with E-state index in [-0.39, 0.29) is 11.9 Å². The molecule has 4 nitrogen and oxygen atoms in total. The molecule has 1 heterocycles. The summed E-state index contributed by atoms with van der Waals surface area (Å²) in [7, 11) is 0.888. The number of hydrogen-bond acceptors (Lipinski definition) is 4. The van der Waals surface area contributed by atoms with Crippen molar-refractivity contribution in [3.8, 4) is 11.5 Å². The van der Waals surface area contributed by atoms with Gasteiger partial charge in [0.2, 0.25) is 0 Å². The first kappa shape index (κ1) is 15.3. The number of ether oxygens (including phenoxy) is 2. The fourth-order valence-electron chi connectivity index (χ4n) is 1.29. The van der Waals surface area contributed by atoms with Crippen LogP contribution < -0.4 is 15.2 Å². The second kappa shape index (κ2) is 5.11. The van der Waals surface area contributed by atoms with E-state index in [2.05, 4.69) is 14.5 Å². The van der Waals surface area contributed by atoms with Gasteiger partial charge in [0, 0.05) is 12.7 Å². The van der Waals surface area contributed by atoms with E-state index in [1.54, 1.807) is 0 Å². The number of pyridine rings is 1. The first-order chi connectivity index (χ1) is 8.60. The Kier molecular flexibility index (Phi) is 4.13. The minimum atomic E-state index is -5.31. The third-order valence-corrected chi connectivity index (χ3v) is 1.98. The van der Waals surface area contributed by atoms with Gasteiger partial charge in [0.15, 0.2) is 11.5 Å². The molecule has 1 rings (SSSR count). The van der Waals surface area contributed by atoms with Crippen molar-refractivity contribution in [3.63, 3.8) is 0 Å². The van der Waals surface area contributed by atoms with E-state index < -0.39 is 36.1 Å². The summed E-state index contributed by atoms with van der Waals surface area (Å²) in [6.07, 6.45) is -10.2. The van der Waals surface area contributed by atoms with Gasteiger partial charge in [0.05, 0.1) is 12.8 Å². The van der Waals surface area contributed by atoms with Crippen LogP contribution in [0.15, 0.2) is 6.20 Å². The maximum absolute atomic E-state index is 12.6. The molecule has 1 aromatic heterocycles. The number of aromatic nitrogens is 1. The summed E-state index contributed by atoms with van der Waals surface area (Å²) < 4.78 is 82.2. The van der Waals surface area contributed by atoms with E-state index in [1.165, 1.54) is 0 Å². The predicted molar refractivity (Wildman–Crippen MR) is 50.4 cm³/mol. The molecule has 0 aliphatic heterocycles. The first-order valence-corrected chi connectivity index (χ1v) is 4.69. The summed E-state index contributed by atoms with van der Waals surface area (Å²) in [5, 5.41) is 0. The van der Waals surface area contributed by atoms with Gasteiger partial charge in [-0.1, -0.05) is 0 Å². The molecule has 10 heteroatoms. The Morgan fingerprint density at radius 3 is 2.11 bits per heavy atom. The molecular formula is C9H8F6N2O2. The number of hydrogen-bond donors (Lipinski definition) is 1. The number of halogens is 6. The SMILES string of the molecule is COc1c(CN)ncc(C(F)(F)F)c1OC(F)(F)F. The number of alkyl halides is 6. The number of methoxy groups -OCH3 is 1. The molecule has 2 N–H and O–H groups in total. The van der Waals surface area contributed by atoms with Gasteiger partial charge in [-0.05, 0) is 0 Å². The quantitative estimate of drug-likeness (QED) is 0.869. The van der Waals surface area contributed by atoms with Gasteiger partial charge >= 0.3 is 12.5 Å². The molecule has 0 radical (unpaired) electrons. The van der Waals surface area contributed by atoms with Crippen LogP contribution in [0.3, 0.4) is 0 Å². The van der Waals surface area contributed by atoms with Crippen molar-refractivity contribution in [2.45, 2.75) is 19.1 Å². The summed E-state index contributed by atoms with van der Waals surface area (Å²) in [6, 6.07) is 0. The molecule has 0 saturated heterocycles. The van der Waals surface area contributed by atoms with Crippen molar-refractivity contribution in [3.05, 3.63) is 17.5 Å². The highest BCUT2D eigenvalue weighted by Gasteiger charge is 2.42. The first-order valence-electron chi connectivity index (χ1n) is 4.69. The van der Waals surface area contributed by atoms with Crippen molar-refractivity contribution < 1.29 is 35.8 Å². The van der Waals surface area contributed by atoms with Crippen LogP contribution >= 0.6 is 0 Å². The molecule has 0 bridgehead atoms. The summed E-state index contributed by atoms with van der Waals surface area (Å²) in [5.74, 6) is -2.30. The highest BCUT2D eigenvalue weighted by atomic mass is 19.4. The smallest absolute Gasteiger partial charge is 0.491 e. The second-order valence-electron chi connectivity index (χ2n) is 3.23. The molecule has 0 unspecified atom stereocenters. The Balaban J connectivity index is 3.49. The molecule has 0 saturated carbocycles. The van der Waals surface area contributed by atoms with Crippen LogP contribution in [0.2, 0.25) is 0 Å². The average Bonchev–Trinajstić information content (AvgIpc) is 2.24. The van der Waals surface area contributed by atoms with E-state index >= 15 is 0 Å². The summed E-state index contributed by atoms with van der Waals surface area (Å²) in [5.41, 5.74) is 3.18. The zero-order chi connectivity index (χ0) is 14.8. The highest BCUT2D eigenvalue weighted by molar-refractivity contribution is 5.49. The lowest BCUT2D eigenvalue weighted by molar-refractivity contribution is -0.276. The molecular weight excluding hydrogens is 282 g/mol. The zero-order valence-electron chi connectivity index (χ0n) is 9.39. The lowest BCUT2D eigenvalue weighted by Crippen LogP contribution is -2.22. The van der Waals surface area contributed by atoms with E-state index in [0.29, 0.717) is 0 Å². The summed E-state index contributed by atoms with van der Waals surface area (Å²) in [6.45, 7) is -0.407. The van der Waals surface area contributed by atoms with Crippen molar-refractivity contribution in [1.82, 2.24) is 4.98 Å². The molecule has 0 atom stereocenters. The van der Waals surface area contributed by atoms with Crippen LogP contribution in [0.5, 0.6) is 11.5 Å². The zero-order valence-corrected chi connectivity index (χ0v) is 9.39. The van der Waals surface area contributed by atoms with Gasteiger partial charge < -0.3 is 15.2 Å². The Morgan fingerprint density at radius 2 is 1.74 bits per heavy atom. The second-order valence-corrected chi connectivity index (χ2v) is 3.23. The number of rotatable bonds is 3. The molecule has 1 aromatic rings. The van der Waals surface area contributed by atoms with Gasteiger partial charge in [-0.15, -0.1) is 13.2 Å². The van der Waals surface area contributed by atoms with Crippen LogP contribution in [-0.4, -0.2) is 18.5 Å². The van der Waals surface area contributed by atoms with E-state index in [9.17, 15) is 26.3 Å². The van der Waals surface area contributed by atoms with E-state index in [1.807, 2.05) is 0 Å². The molecule has 0 fully saturated rings. The maximum Gasteiger partial charge on any atom is 0.573 e. The Morgan fingerprint density at radius 1 is 1.16 bits per heavy atom. The lowest BCUT2D eigenvalue weighted by Gasteiger charge is -2.19. The Labute approximate surface area is 103 Å². The van der Waals surface area contributed by atoms with Crippen LogP contribution in [0.1, 0.15) is 11.3 Å². The largest absolute Gasteiger partial charge is 0.573 e. The van der Waals surface area contributed by atoms with Gasteiger partial charge in [0.1, 0.15) is 5.56 Å². The predicted octanol–water partition coefficient (Wildman–Crippen LogP) is 2.47. The van der Waals surface area contributed by atoms with Crippen LogP contribution in [-0.2, 0) is 12.7 Å². The minimum absolute atomic E-state index is 0.214. The Bertz CT molecular complexity index is 457. The molecule has 0 aliphatic rings. The number of nitrogens with two attached hydrogens (primary N) is 1. The average molecular weight is 290 g/mol. The van der Waals surface area contributed by atoms with E-state index in [0.717, 1.165) is 7.11 Å². The van der Waals surface area contributed by atoms with Gasteiger partial charge in [-0.3, -0.25) is 4.98 Å². The third kappa shape index (κ3) is 3.63. The van der Waals surface area contributed by atoms with Gasteiger partial charge in [-0.2, -0.15) is 13.2 Å². The highest BCUT2D eigenvalue weighted by Crippen LogP contribution is 2.44. The third-order valence-electron chi connectivity index (χ3n) is 1.98. The van der Waals surface area contributed by atoms with Crippen molar-refractivity contribution in [2.24, 2.45) is 5.73 Å². The monoisotopic (exact) mass is 290 g/mol. The summed E-state index contributed by atoms with van der Waals surface area (Å²) in [4.78, 5) is 3.31. The normalized spacial score (nSPS) is 12.4. The van der Waals surface area contributed by atoms with E-state index in [4.69, 9.17) is 5.73 Å². The molecule has 0 aliphatic carbocycles. The lowest BCUT2D eigenvalue weighted by atomic mass is 10.2. The fourth-order valence-corrected chi connectivity index (χ4v) is 1.29. The topological polar surface area (TPSA) is 57.4 Å². The van der Waals surface area contributed by atoms with Crippen molar-refractivity contribution in [2.75, 3.05) is 7.11 Å². The van der Waals surface area contributed by atoms with Crippen LogP contribution in [0.4, 0.5) is 26.3 Å². The summed E-state index contributed by atoms with van der Waals surface area (Å²) >= 11 is 0. The Hall–Kier alpha value is -1.71. The van der Waals surface area contributed by atoms with Gasteiger partial charge in [-0.25, -0.2) is 0 Å². The molecule has 108 valence electrons. The van der Waals surface area contributed by atoms with Gasteiger partial charge in [0.25, 0.3) is 0 Å². The van der Waals surface area contributed by atoms with Crippen molar-refractivity contribution >= 4 is 0 Å². The minimum Gasteiger partial charge on any atom is -0.491 e. The molecule has 0 amide bonds. The molecule has 0 aromatic carbocycles.